The summed E-state index contributed by atoms with van der Waals surface area (Å²) in [5.74, 6) is 1.19. The maximum atomic E-state index is 9.08. The zero-order valence-corrected chi connectivity index (χ0v) is 26.5. The standard InChI is InChI=1S/C45H30N4O/c1-3-14-29(15-4-1)31-26-32(28-33(27-31)49-39-23-10-7-18-34(39)35-19-8-11-24-40(35)49)44-46-43(30-16-5-2-6-17-30)47-45(48-44)38-22-13-21-37-36-20-9-12-25-41(36)50-42(37)38/h1-28,44H,(H,46,47,48)/i7D,8D,18D,19D,23D,24D. The number of fused-ring (bicyclic) bond motifs is 6. The van der Waals surface area contributed by atoms with Crippen molar-refractivity contribution >= 4 is 55.4 Å². The summed E-state index contributed by atoms with van der Waals surface area (Å²) in [6.07, 6.45) is -0.763. The summed E-state index contributed by atoms with van der Waals surface area (Å²) in [4.78, 5) is 10.4. The Labute approximate surface area is 296 Å². The van der Waals surface area contributed by atoms with E-state index < -0.39 is 6.17 Å². The Hall–Kier alpha value is -6.72. The summed E-state index contributed by atoms with van der Waals surface area (Å²) in [5.41, 5.74) is 6.68. The Morgan fingerprint density at radius 3 is 1.98 bits per heavy atom. The van der Waals surface area contributed by atoms with Crippen LogP contribution in [0.3, 0.4) is 0 Å². The second-order valence-electron chi connectivity index (χ2n) is 12.2. The highest BCUT2D eigenvalue weighted by atomic mass is 16.3. The van der Waals surface area contributed by atoms with Gasteiger partial charge >= 0.3 is 0 Å². The molecule has 1 aliphatic rings. The molecule has 5 nitrogen and oxygen atoms in total. The minimum Gasteiger partial charge on any atom is -0.455 e. The Kier molecular flexibility index (Phi) is 5.22. The summed E-state index contributed by atoms with van der Waals surface area (Å²) >= 11 is 0. The number of aliphatic imine (C=N–C) groups is 2. The van der Waals surface area contributed by atoms with E-state index in [-0.39, 0.29) is 58.1 Å². The van der Waals surface area contributed by atoms with Gasteiger partial charge in [-0.05, 0) is 53.5 Å². The molecule has 0 spiro atoms. The first-order chi connectivity index (χ1) is 27.2. The molecule has 0 saturated carbocycles. The van der Waals surface area contributed by atoms with Gasteiger partial charge < -0.3 is 14.3 Å². The van der Waals surface area contributed by atoms with E-state index >= 15 is 0 Å². The van der Waals surface area contributed by atoms with Crippen LogP contribution >= 0.6 is 0 Å². The van der Waals surface area contributed by atoms with Crippen molar-refractivity contribution < 1.29 is 12.6 Å². The fourth-order valence-corrected chi connectivity index (χ4v) is 6.90. The molecule has 3 heterocycles. The monoisotopic (exact) mass is 648 g/mol. The first-order valence-corrected chi connectivity index (χ1v) is 16.4. The molecule has 10 rings (SSSR count). The average molecular weight is 649 g/mol. The maximum absolute atomic E-state index is 9.08. The highest BCUT2D eigenvalue weighted by molar-refractivity contribution is 6.21. The molecule has 1 atom stereocenters. The van der Waals surface area contributed by atoms with Crippen LogP contribution < -0.4 is 5.32 Å². The van der Waals surface area contributed by atoms with Crippen molar-refractivity contribution in [1.82, 2.24) is 9.88 Å². The topological polar surface area (TPSA) is 54.8 Å². The first kappa shape index (κ1) is 22.8. The van der Waals surface area contributed by atoms with E-state index in [9.17, 15) is 0 Å². The molecule has 50 heavy (non-hydrogen) atoms. The van der Waals surface area contributed by atoms with Crippen molar-refractivity contribution in [3.05, 3.63) is 186 Å². The molecule has 0 saturated heterocycles. The molecular formula is C45H30N4O. The fraction of sp³-hybridized carbons (Fsp3) is 0.0222. The highest BCUT2D eigenvalue weighted by Gasteiger charge is 2.25. The molecule has 0 aliphatic carbocycles. The third-order valence-electron chi connectivity index (χ3n) is 9.18. The number of para-hydroxylation sites is 4. The molecule has 1 aliphatic heterocycles. The molecule has 2 aromatic heterocycles. The number of benzene rings is 7. The van der Waals surface area contributed by atoms with Gasteiger partial charge in [-0.15, -0.1) is 0 Å². The van der Waals surface area contributed by atoms with Gasteiger partial charge in [0.2, 0.25) is 0 Å². The van der Waals surface area contributed by atoms with Crippen molar-refractivity contribution in [3.8, 4) is 16.8 Å². The quantitative estimate of drug-likeness (QED) is 0.202. The van der Waals surface area contributed by atoms with Gasteiger partial charge in [-0.1, -0.05) is 127 Å². The van der Waals surface area contributed by atoms with E-state index in [0.29, 0.717) is 28.5 Å². The van der Waals surface area contributed by atoms with Gasteiger partial charge in [0.15, 0.2) is 6.17 Å². The summed E-state index contributed by atoms with van der Waals surface area (Å²) in [5, 5.41) is 5.87. The molecule has 7 aromatic carbocycles. The van der Waals surface area contributed by atoms with E-state index in [1.54, 1.807) is 4.57 Å². The number of hydrogen-bond donors (Lipinski definition) is 1. The lowest BCUT2D eigenvalue weighted by molar-refractivity contribution is 0.667. The fourth-order valence-electron chi connectivity index (χ4n) is 6.90. The Balaban J connectivity index is 1.26. The van der Waals surface area contributed by atoms with Crippen LogP contribution in [0.15, 0.2) is 184 Å². The molecule has 0 amide bonds. The lowest BCUT2D eigenvalue weighted by atomic mass is 10.00. The number of nitrogens with one attached hydrogen (secondary N) is 1. The van der Waals surface area contributed by atoms with Crippen LogP contribution in [0.1, 0.15) is 31.1 Å². The molecule has 9 aromatic rings. The van der Waals surface area contributed by atoms with Gasteiger partial charge in [0.1, 0.15) is 22.8 Å². The normalized spacial score (nSPS) is 16.3. The molecular weight excluding hydrogens is 613 g/mol. The van der Waals surface area contributed by atoms with Crippen molar-refractivity contribution in [2.45, 2.75) is 6.17 Å². The van der Waals surface area contributed by atoms with E-state index in [4.69, 9.17) is 22.6 Å². The first-order valence-electron chi connectivity index (χ1n) is 19.4. The zero-order chi connectivity index (χ0) is 38.2. The predicted octanol–water partition coefficient (Wildman–Crippen LogP) is 10.8. The Morgan fingerprint density at radius 2 is 1.22 bits per heavy atom. The van der Waals surface area contributed by atoms with E-state index in [1.807, 2.05) is 121 Å². The molecule has 0 radical (unpaired) electrons. The summed E-state index contributed by atoms with van der Waals surface area (Å²) in [7, 11) is 0. The van der Waals surface area contributed by atoms with Gasteiger partial charge in [0, 0.05) is 38.4 Å². The minimum atomic E-state index is -0.763. The second-order valence-corrected chi connectivity index (χ2v) is 12.2. The molecule has 5 heteroatoms. The number of aromatic nitrogens is 1. The minimum absolute atomic E-state index is 0.0281. The maximum Gasteiger partial charge on any atom is 0.169 e. The summed E-state index contributed by atoms with van der Waals surface area (Å²) < 4.78 is 61.1. The molecule has 1 N–H and O–H groups in total. The molecule has 236 valence electrons. The van der Waals surface area contributed by atoms with Crippen LogP contribution in [0.4, 0.5) is 0 Å². The van der Waals surface area contributed by atoms with Crippen LogP contribution in [0.25, 0.3) is 60.6 Å². The van der Waals surface area contributed by atoms with E-state index in [2.05, 4.69) is 5.32 Å². The number of hydrogen-bond acceptors (Lipinski definition) is 4. The van der Waals surface area contributed by atoms with E-state index in [0.717, 1.165) is 38.6 Å². The SMILES string of the molecule is [2H]c1cc([2H])c2c(c1[2H])c1c([2H])c([2H])cc([2H])c1n2-c1cc(-c2ccccc2)cc(C2N=C(c3ccccc3)NC(c3cccc4c3oc3ccccc34)=N2)c1. The van der Waals surface area contributed by atoms with Crippen molar-refractivity contribution in [2.24, 2.45) is 9.98 Å². The number of furan rings is 1. The molecule has 0 fully saturated rings. The molecule has 0 bridgehead atoms. The van der Waals surface area contributed by atoms with Crippen molar-refractivity contribution in [1.29, 1.82) is 0 Å². The van der Waals surface area contributed by atoms with Crippen molar-refractivity contribution in [3.63, 3.8) is 0 Å². The van der Waals surface area contributed by atoms with E-state index in [1.165, 1.54) is 12.1 Å². The van der Waals surface area contributed by atoms with Gasteiger partial charge in [-0.25, -0.2) is 9.98 Å². The van der Waals surface area contributed by atoms with Gasteiger partial charge in [-0.2, -0.15) is 0 Å². The number of nitrogens with zero attached hydrogens (tertiary/aromatic N) is 3. The third-order valence-corrected chi connectivity index (χ3v) is 9.18. The lowest BCUT2D eigenvalue weighted by Crippen LogP contribution is -2.36. The lowest BCUT2D eigenvalue weighted by Gasteiger charge is -2.23. The zero-order valence-electron chi connectivity index (χ0n) is 32.5. The van der Waals surface area contributed by atoms with Crippen LogP contribution in [0, 0.1) is 0 Å². The van der Waals surface area contributed by atoms with Crippen LogP contribution in [-0.2, 0) is 0 Å². The van der Waals surface area contributed by atoms with Crippen LogP contribution in [-0.4, -0.2) is 16.2 Å². The predicted molar refractivity (Wildman–Crippen MR) is 205 cm³/mol. The highest BCUT2D eigenvalue weighted by Crippen LogP contribution is 2.37. The van der Waals surface area contributed by atoms with Gasteiger partial charge in [0.05, 0.1) is 24.8 Å². The Morgan fingerprint density at radius 1 is 0.560 bits per heavy atom. The second kappa shape index (κ2) is 11.5. The third kappa shape index (κ3) is 4.63. The van der Waals surface area contributed by atoms with Crippen LogP contribution in [0.5, 0.6) is 0 Å². The van der Waals surface area contributed by atoms with Crippen molar-refractivity contribution in [2.75, 3.05) is 0 Å². The summed E-state index contributed by atoms with van der Waals surface area (Å²) in [6, 6.07) is 41.5. The number of rotatable bonds is 5. The van der Waals surface area contributed by atoms with Crippen LogP contribution in [0.2, 0.25) is 0 Å². The average Bonchev–Trinajstić information content (AvgIpc) is 3.80. The largest absolute Gasteiger partial charge is 0.455 e. The molecule has 1 unspecified atom stereocenters. The number of amidine groups is 2. The Bertz CT molecular complexity index is 3060. The van der Waals surface area contributed by atoms with Gasteiger partial charge in [-0.3, -0.25) is 0 Å². The summed E-state index contributed by atoms with van der Waals surface area (Å²) in [6.45, 7) is 0. The van der Waals surface area contributed by atoms with Gasteiger partial charge in [0.25, 0.3) is 0 Å². The smallest absolute Gasteiger partial charge is 0.169 e.